The molecule has 1 rings (SSSR count). The molecule has 0 aromatic carbocycles. The van der Waals surface area contributed by atoms with E-state index in [1.165, 1.54) is 0 Å². The molecule has 0 amide bonds. The molecule has 2 unspecified atom stereocenters. The monoisotopic (exact) mass is 255 g/mol. The lowest BCUT2D eigenvalue weighted by Gasteiger charge is -2.22. The SMILES string of the molecule is CCC(NCC(O)COCc1ccco1)C(C)C. The molecule has 4 nitrogen and oxygen atoms in total. The van der Waals surface area contributed by atoms with Crippen LogP contribution in [0, 0.1) is 5.92 Å². The van der Waals surface area contributed by atoms with Crippen LogP contribution >= 0.6 is 0 Å². The van der Waals surface area contributed by atoms with Crippen molar-refractivity contribution in [2.75, 3.05) is 13.2 Å². The lowest BCUT2D eigenvalue weighted by atomic mass is 10.0. The fourth-order valence-electron chi connectivity index (χ4n) is 1.89. The molecule has 18 heavy (non-hydrogen) atoms. The van der Waals surface area contributed by atoms with Crippen LogP contribution in [-0.2, 0) is 11.3 Å². The van der Waals surface area contributed by atoms with Gasteiger partial charge in [-0.15, -0.1) is 0 Å². The average molecular weight is 255 g/mol. The van der Waals surface area contributed by atoms with Crippen molar-refractivity contribution in [3.05, 3.63) is 24.2 Å². The van der Waals surface area contributed by atoms with Crippen LogP contribution in [0.2, 0.25) is 0 Å². The van der Waals surface area contributed by atoms with Gasteiger partial charge in [-0.1, -0.05) is 20.8 Å². The third-order valence-electron chi connectivity index (χ3n) is 2.99. The molecule has 0 fully saturated rings. The van der Waals surface area contributed by atoms with Crippen LogP contribution in [0.25, 0.3) is 0 Å². The predicted molar refractivity (Wildman–Crippen MR) is 71.3 cm³/mol. The van der Waals surface area contributed by atoms with E-state index < -0.39 is 6.10 Å². The van der Waals surface area contributed by atoms with E-state index in [0.717, 1.165) is 12.2 Å². The number of hydrogen-bond acceptors (Lipinski definition) is 4. The lowest BCUT2D eigenvalue weighted by Crippen LogP contribution is -2.39. The van der Waals surface area contributed by atoms with Crippen molar-refractivity contribution >= 4 is 0 Å². The van der Waals surface area contributed by atoms with Gasteiger partial charge < -0.3 is 19.6 Å². The lowest BCUT2D eigenvalue weighted by molar-refractivity contribution is 0.0208. The fraction of sp³-hybridized carbons (Fsp3) is 0.714. The van der Waals surface area contributed by atoms with Crippen LogP contribution in [0.15, 0.2) is 22.8 Å². The molecule has 0 aliphatic rings. The molecule has 0 spiro atoms. The third kappa shape index (κ3) is 5.67. The summed E-state index contributed by atoms with van der Waals surface area (Å²) in [5.41, 5.74) is 0. The van der Waals surface area contributed by atoms with Gasteiger partial charge in [0, 0.05) is 12.6 Å². The molecule has 1 aromatic heterocycles. The largest absolute Gasteiger partial charge is 0.467 e. The molecule has 1 aromatic rings. The van der Waals surface area contributed by atoms with Gasteiger partial charge in [-0.2, -0.15) is 0 Å². The smallest absolute Gasteiger partial charge is 0.129 e. The van der Waals surface area contributed by atoms with E-state index in [2.05, 4.69) is 26.1 Å². The van der Waals surface area contributed by atoms with Gasteiger partial charge in [-0.05, 0) is 24.5 Å². The molecule has 2 N–H and O–H groups in total. The van der Waals surface area contributed by atoms with Crippen LogP contribution in [0.4, 0.5) is 0 Å². The third-order valence-corrected chi connectivity index (χ3v) is 2.99. The number of ether oxygens (including phenoxy) is 1. The summed E-state index contributed by atoms with van der Waals surface area (Å²) in [5, 5.41) is 13.1. The summed E-state index contributed by atoms with van der Waals surface area (Å²) in [7, 11) is 0. The number of furan rings is 1. The number of hydrogen-bond donors (Lipinski definition) is 2. The van der Waals surface area contributed by atoms with Gasteiger partial charge >= 0.3 is 0 Å². The van der Waals surface area contributed by atoms with Crippen LogP contribution in [0.3, 0.4) is 0 Å². The number of aliphatic hydroxyl groups is 1. The van der Waals surface area contributed by atoms with Crippen molar-refractivity contribution in [3.8, 4) is 0 Å². The normalized spacial score (nSPS) is 14.9. The standard InChI is InChI=1S/C14H25NO3/c1-4-14(11(2)3)15-8-12(16)9-17-10-13-6-5-7-18-13/h5-7,11-12,14-16H,4,8-10H2,1-3H3. The van der Waals surface area contributed by atoms with Gasteiger partial charge in [0.15, 0.2) is 0 Å². The summed E-state index contributed by atoms with van der Waals surface area (Å²) in [5.74, 6) is 1.36. The Kier molecular flexibility index (Phi) is 7.01. The molecule has 0 radical (unpaired) electrons. The van der Waals surface area contributed by atoms with Gasteiger partial charge in [0.05, 0.1) is 19.0 Å². The molecule has 104 valence electrons. The second kappa shape index (κ2) is 8.29. The molecule has 0 bridgehead atoms. The molecule has 0 aliphatic heterocycles. The summed E-state index contributed by atoms with van der Waals surface area (Å²) < 4.78 is 10.5. The Morgan fingerprint density at radius 2 is 2.22 bits per heavy atom. The molecular formula is C14H25NO3. The Bertz CT molecular complexity index is 298. The molecule has 0 aliphatic carbocycles. The van der Waals surface area contributed by atoms with Gasteiger partial charge in [-0.3, -0.25) is 0 Å². The van der Waals surface area contributed by atoms with Crippen molar-refractivity contribution in [2.24, 2.45) is 5.92 Å². The van der Waals surface area contributed by atoms with Crippen LogP contribution in [0.5, 0.6) is 0 Å². The summed E-state index contributed by atoms with van der Waals surface area (Å²) in [6, 6.07) is 4.13. The highest BCUT2D eigenvalue weighted by atomic mass is 16.5. The maximum absolute atomic E-state index is 9.79. The Balaban J connectivity index is 2.11. The number of nitrogens with one attached hydrogen (secondary N) is 1. The maximum Gasteiger partial charge on any atom is 0.129 e. The van der Waals surface area contributed by atoms with Gasteiger partial charge in [-0.25, -0.2) is 0 Å². The van der Waals surface area contributed by atoms with E-state index in [1.807, 2.05) is 12.1 Å². The zero-order chi connectivity index (χ0) is 13.4. The first-order valence-corrected chi connectivity index (χ1v) is 6.65. The van der Waals surface area contributed by atoms with Gasteiger partial charge in [0.2, 0.25) is 0 Å². The van der Waals surface area contributed by atoms with E-state index in [-0.39, 0.29) is 0 Å². The van der Waals surface area contributed by atoms with Crippen LogP contribution in [0.1, 0.15) is 33.0 Å². The highest BCUT2D eigenvalue weighted by Gasteiger charge is 2.12. The molecule has 0 saturated carbocycles. The van der Waals surface area contributed by atoms with E-state index in [1.54, 1.807) is 6.26 Å². The molecule has 4 heteroatoms. The minimum absolute atomic E-state index is 0.322. The Hall–Kier alpha value is -0.840. The second-order valence-corrected chi connectivity index (χ2v) is 4.92. The van der Waals surface area contributed by atoms with Crippen LogP contribution < -0.4 is 5.32 Å². The Morgan fingerprint density at radius 1 is 1.44 bits per heavy atom. The van der Waals surface area contributed by atoms with Crippen LogP contribution in [-0.4, -0.2) is 30.4 Å². The highest BCUT2D eigenvalue weighted by molar-refractivity contribution is 4.96. The minimum atomic E-state index is -0.479. The average Bonchev–Trinajstić information content (AvgIpc) is 2.82. The number of rotatable bonds is 9. The summed E-state index contributed by atoms with van der Waals surface area (Å²) >= 11 is 0. The minimum Gasteiger partial charge on any atom is -0.467 e. The van der Waals surface area contributed by atoms with Crippen molar-refractivity contribution in [3.63, 3.8) is 0 Å². The van der Waals surface area contributed by atoms with Gasteiger partial charge in [0.25, 0.3) is 0 Å². The molecule has 1 heterocycles. The van der Waals surface area contributed by atoms with E-state index in [9.17, 15) is 5.11 Å². The van der Waals surface area contributed by atoms with E-state index in [0.29, 0.717) is 31.7 Å². The van der Waals surface area contributed by atoms with Crippen molar-refractivity contribution in [1.82, 2.24) is 5.32 Å². The number of aliphatic hydroxyl groups excluding tert-OH is 1. The van der Waals surface area contributed by atoms with Crippen molar-refractivity contribution < 1.29 is 14.3 Å². The summed E-state index contributed by atoms with van der Waals surface area (Å²) in [6.07, 6.45) is 2.20. The fourth-order valence-corrected chi connectivity index (χ4v) is 1.89. The highest BCUT2D eigenvalue weighted by Crippen LogP contribution is 2.05. The molecule has 2 atom stereocenters. The molecule has 0 saturated heterocycles. The van der Waals surface area contributed by atoms with Gasteiger partial charge in [0.1, 0.15) is 12.4 Å². The first-order valence-electron chi connectivity index (χ1n) is 6.65. The van der Waals surface area contributed by atoms with Crippen molar-refractivity contribution in [2.45, 2.75) is 45.9 Å². The maximum atomic E-state index is 9.79. The first-order chi connectivity index (χ1) is 8.63. The van der Waals surface area contributed by atoms with E-state index in [4.69, 9.17) is 9.15 Å². The Labute approximate surface area is 109 Å². The van der Waals surface area contributed by atoms with E-state index >= 15 is 0 Å². The topological polar surface area (TPSA) is 54.6 Å². The molecular weight excluding hydrogens is 230 g/mol. The predicted octanol–water partition coefficient (Wildman–Crippen LogP) is 2.18. The summed E-state index contributed by atoms with van der Waals surface area (Å²) in [6.45, 7) is 7.81. The quantitative estimate of drug-likeness (QED) is 0.710. The van der Waals surface area contributed by atoms with Crippen molar-refractivity contribution in [1.29, 1.82) is 0 Å². The zero-order valence-corrected chi connectivity index (χ0v) is 11.6. The summed E-state index contributed by atoms with van der Waals surface area (Å²) in [4.78, 5) is 0. The first kappa shape index (κ1) is 15.2. The second-order valence-electron chi connectivity index (χ2n) is 4.92. The zero-order valence-electron chi connectivity index (χ0n) is 11.6. The Morgan fingerprint density at radius 3 is 2.78 bits per heavy atom.